The number of rotatable bonds is 33. The molecule has 10 heterocycles. The van der Waals surface area contributed by atoms with Gasteiger partial charge in [0.2, 0.25) is 17.7 Å². The van der Waals surface area contributed by atoms with E-state index in [4.69, 9.17) is 94.3 Å². The quantitative estimate of drug-likeness (QED) is 0.0271. The van der Waals surface area contributed by atoms with Gasteiger partial charge in [0, 0.05) is 20.8 Å². The van der Waals surface area contributed by atoms with Gasteiger partial charge < -0.3 is 254 Å². The van der Waals surface area contributed by atoms with Crippen molar-refractivity contribution < 1.29 is 266 Å². The lowest BCUT2D eigenvalue weighted by molar-refractivity contribution is -0.399. The van der Waals surface area contributed by atoms with Gasteiger partial charge in [-0.15, -0.1) is 0 Å². The molecule has 58 heteroatoms. The summed E-state index contributed by atoms with van der Waals surface area (Å²) in [5.41, 5.74) is 0. The molecule has 0 spiro atoms. The molecule has 33 N–H and O–H groups in total. The maximum absolute atomic E-state index is 13.7. The molecule has 0 aliphatic carbocycles. The van der Waals surface area contributed by atoms with Gasteiger partial charge in [-0.3, -0.25) is 23.4 Å². The van der Waals surface area contributed by atoms with Gasteiger partial charge in [0.05, 0.1) is 66.1 Å². The summed E-state index contributed by atoms with van der Waals surface area (Å²) in [5.74, 6) is -2.70. The van der Waals surface area contributed by atoms with Crippen molar-refractivity contribution in [1.29, 1.82) is 0 Å². The highest BCUT2D eigenvalue weighted by Crippen LogP contribution is 2.48. The fourth-order valence-corrected chi connectivity index (χ4v) is 16.2. The number of hydrogen-bond donors (Lipinski definition) is 33. The standard InChI is InChI=1S/C66H112N3O54P/c1-14(77)67-27-39(89)51(22(9-75)107-57(27)101)117-58-29(69-16(3)79)40(90)52(23(10-76)113-58)118-64-50(100)54(120-66-56(44(94)34(84)21(8-74)112-66)122-63-48(98)43(93)33(83)20(7-73)111-63)37(87)25(115-64)11-104-60-49(99)53(119-61-46(96)41(91)31(81)18(5-71)109-61)36(86)24(114-60)12-105-65-55(121-62-47(97)42(92)32(82)19(6-72)110-62)45(95)35(85)26(116-65)13-106-124(102,103)123-59-28(68-15(2)78)38(88)30(80)17(4-70)108-59/h17-66,70-76,80-101H,4-13H2,1-3H3,(H,67,77)(H,68,78)(H,69,79)(H,102,103)/t17-,18-,19-,20-,21-,22-,23-,24-,25-,26-,27-,28-,29-,30-,31-,32-,33-,34-,35-,36-,37-,38-,39-,40-,41+,42+,43+,44+,45+,46+,47+,48+,49+,50+,51-,52-,53+,54+,55+,56+,57-,58+,59-,60+,61-,62-,63-,64+,65+,66-/m1/s1. The molecule has 0 aromatic heterocycles. The molecule has 10 saturated heterocycles. The number of phosphoric acid groups is 1. The molecule has 10 aliphatic rings. The summed E-state index contributed by atoms with van der Waals surface area (Å²) in [5, 5.41) is 328. The highest BCUT2D eigenvalue weighted by Gasteiger charge is 2.61. The molecule has 0 aromatic carbocycles. The minimum Gasteiger partial charge on any atom is -0.394 e. The van der Waals surface area contributed by atoms with Crippen molar-refractivity contribution in [3.8, 4) is 0 Å². The molecule has 0 radical (unpaired) electrons. The Morgan fingerprint density at radius 2 is 0.540 bits per heavy atom. The number of nitrogens with one attached hydrogen (secondary N) is 3. The van der Waals surface area contributed by atoms with Crippen molar-refractivity contribution in [2.24, 2.45) is 0 Å². The number of amides is 3. The average molecular weight is 1840 g/mol. The highest BCUT2D eigenvalue weighted by molar-refractivity contribution is 7.47. The summed E-state index contributed by atoms with van der Waals surface area (Å²) in [6.07, 6.45) is -104. The van der Waals surface area contributed by atoms with Gasteiger partial charge in [-0.05, 0) is 0 Å². The average Bonchev–Trinajstić information content (AvgIpc) is 0.765. The van der Waals surface area contributed by atoms with E-state index in [9.17, 15) is 172 Å². The third kappa shape index (κ3) is 22.9. The number of aliphatic hydroxyl groups excluding tert-OH is 29. The first-order chi connectivity index (χ1) is 58.5. The molecule has 3 amide bonds. The summed E-state index contributed by atoms with van der Waals surface area (Å²) < 4.78 is 129. The van der Waals surface area contributed by atoms with E-state index in [1.165, 1.54) is 0 Å². The summed E-state index contributed by atoms with van der Waals surface area (Å²) >= 11 is 0. The maximum Gasteiger partial charge on any atom is 0.474 e. The van der Waals surface area contributed by atoms with Gasteiger partial charge in [0.25, 0.3) is 0 Å². The molecule has 51 atom stereocenters. The molecular weight excluding hydrogens is 1730 g/mol. The Labute approximate surface area is 699 Å². The molecule has 0 bridgehead atoms. The van der Waals surface area contributed by atoms with Crippen LogP contribution in [0.15, 0.2) is 0 Å². The minimum atomic E-state index is -5.73. The van der Waals surface area contributed by atoms with Crippen molar-refractivity contribution in [1.82, 2.24) is 16.0 Å². The summed E-state index contributed by atoms with van der Waals surface area (Å²) in [6.45, 7) is -8.97. The number of aliphatic hydroxyl groups is 29. The Kier molecular flexibility index (Phi) is 36.8. The zero-order valence-electron chi connectivity index (χ0n) is 65.6. The lowest BCUT2D eigenvalue weighted by Crippen LogP contribution is -2.70. The monoisotopic (exact) mass is 1840 g/mol. The number of hydrogen-bond acceptors (Lipinski definition) is 53. The molecule has 10 rings (SSSR count). The van der Waals surface area contributed by atoms with E-state index in [2.05, 4.69) is 16.0 Å². The van der Waals surface area contributed by atoms with Crippen molar-refractivity contribution >= 4 is 25.5 Å². The van der Waals surface area contributed by atoms with Gasteiger partial charge in [-0.1, -0.05) is 0 Å². The second kappa shape index (κ2) is 44.5. The van der Waals surface area contributed by atoms with Crippen molar-refractivity contribution in [2.75, 3.05) is 66.1 Å². The summed E-state index contributed by atoms with van der Waals surface area (Å²) in [4.78, 5) is 48.4. The zero-order valence-corrected chi connectivity index (χ0v) is 66.5. The predicted octanol–water partition coefficient (Wildman–Crippen LogP) is -22.3. The fourth-order valence-electron chi connectivity index (χ4n) is 15.4. The number of carbonyl (C=O) groups excluding carboxylic acids is 3. The van der Waals surface area contributed by atoms with Gasteiger partial charge in [-0.25, -0.2) is 4.57 Å². The number of ether oxygens (including phenoxy) is 18. The highest BCUT2D eigenvalue weighted by atomic mass is 31.2. The van der Waals surface area contributed by atoms with Gasteiger partial charge >= 0.3 is 7.82 Å². The minimum absolute atomic E-state index is 0.812. The van der Waals surface area contributed by atoms with Crippen LogP contribution in [0.4, 0.5) is 0 Å². The zero-order chi connectivity index (χ0) is 91.4. The lowest BCUT2D eigenvalue weighted by atomic mass is 9.94. The Morgan fingerprint density at radius 1 is 0.258 bits per heavy atom. The SMILES string of the molecule is CC(=O)N[C@@H]1[C@@H](O)[C@H](O[C@@H]2O[C@H](CO)[C@@H](O[C@@H]3O[C@H](CO[C@H]4O[C@H](CO[C@H]5O[C@H](COP(=O)(O)O[C@H]6O[C@H](CO)[C@@H](O)[C@H](O)[C@H]6NC(C)=O)[C@@H](O)[C@H](O)[C@@H]5O[C@H]5O[C@H](CO)[C@@H](O)[C@H](O)[C@@H]5O)[C@@H](O)[C@H](O[C@H]5O[C@H](CO)[C@@H](O)[C@H](O)[C@@H]5O)[C@@H]4O)[C@@H](O)[C@H](O[C@H]4O[C@H](CO)[C@@H](O)[C@H](O)[C@@H]4O[C@H]4O[C@H](CO)[C@@H](O)[C@H](O)[C@@H]4O)[C@@H]3O)[C@H](O)[C@H]2NC(C)=O)[C@@H](CO)O[C@H]1O. The van der Waals surface area contributed by atoms with E-state index in [0.29, 0.717) is 0 Å². The fraction of sp³-hybridized carbons (Fsp3) is 0.955. The Balaban J connectivity index is 0.984. The van der Waals surface area contributed by atoms with Gasteiger partial charge in [0.1, 0.15) is 244 Å². The summed E-state index contributed by atoms with van der Waals surface area (Å²) in [6, 6.07) is -5.51. The second-order valence-corrected chi connectivity index (χ2v) is 32.3. The van der Waals surface area contributed by atoms with Crippen molar-refractivity contribution in [3.05, 3.63) is 0 Å². The molecule has 0 saturated carbocycles. The van der Waals surface area contributed by atoms with E-state index in [1.807, 2.05) is 0 Å². The first-order valence-corrected chi connectivity index (χ1v) is 40.4. The number of phosphoric ester groups is 1. The van der Waals surface area contributed by atoms with E-state index < -0.39 is 398 Å². The Morgan fingerprint density at radius 3 is 0.984 bits per heavy atom. The third-order valence-electron chi connectivity index (χ3n) is 22.3. The Hall–Kier alpha value is -3.36. The molecule has 720 valence electrons. The second-order valence-electron chi connectivity index (χ2n) is 30.9. The normalized spacial score (nSPS) is 49.7. The van der Waals surface area contributed by atoms with Crippen LogP contribution in [-0.4, -0.2) is 544 Å². The smallest absolute Gasteiger partial charge is 0.394 e. The first-order valence-electron chi connectivity index (χ1n) is 38.9. The van der Waals surface area contributed by atoms with Gasteiger partial charge in [0.15, 0.2) is 62.9 Å². The van der Waals surface area contributed by atoms with Crippen LogP contribution in [0, 0.1) is 0 Å². The van der Waals surface area contributed by atoms with Crippen LogP contribution >= 0.6 is 7.82 Å². The number of carbonyl (C=O) groups is 3. The van der Waals surface area contributed by atoms with Crippen molar-refractivity contribution in [3.63, 3.8) is 0 Å². The topological polar surface area (TPSA) is 896 Å². The van der Waals surface area contributed by atoms with E-state index in [-0.39, 0.29) is 0 Å². The molecule has 10 aliphatic heterocycles. The first kappa shape index (κ1) is 103. The molecule has 0 aromatic rings. The van der Waals surface area contributed by atoms with E-state index >= 15 is 0 Å². The lowest BCUT2D eigenvalue weighted by Gasteiger charge is -2.50. The third-order valence-corrected chi connectivity index (χ3v) is 23.2. The van der Waals surface area contributed by atoms with Crippen LogP contribution in [0.5, 0.6) is 0 Å². The van der Waals surface area contributed by atoms with Crippen LogP contribution in [0.1, 0.15) is 20.8 Å². The van der Waals surface area contributed by atoms with Crippen LogP contribution in [-0.2, 0) is 113 Å². The molecule has 124 heavy (non-hydrogen) atoms. The van der Waals surface area contributed by atoms with Gasteiger partial charge in [-0.2, -0.15) is 0 Å². The maximum atomic E-state index is 13.7. The van der Waals surface area contributed by atoms with E-state index in [0.717, 1.165) is 20.8 Å². The van der Waals surface area contributed by atoms with E-state index in [1.54, 1.807) is 0 Å². The molecule has 1 unspecified atom stereocenters. The predicted molar refractivity (Wildman–Crippen MR) is 375 cm³/mol. The van der Waals surface area contributed by atoms with Crippen LogP contribution in [0.2, 0.25) is 0 Å². The van der Waals surface area contributed by atoms with Crippen LogP contribution in [0.25, 0.3) is 0 Å². The van der Waals surface area contributed by atoms with Crippen LogP contribution in [0.3, 0.4) is 0 Å². The largest absolute Gasteiger partial charge is 0.474 e. The van der Waals surface area contributed by atoms with Crippen molar-refractivity contribution in [2.45, 2.75) is 328 Å². The van der Waals surface area contributed by atoms with Crippen LogP contribution < -0.4 is 16.0 Å². The molecular formula is C66H112N3O54P. The summed E-state index contributed by atoms with van der Waals surface area (Å²) in [7, 11) is -5.73. The Bertz CT molecular complexity index is 3380. The molecule has 10 fully saturated rings. The molecule has 57 nitrogen and oxygen atoms in total.